The summed E-state index contributed by atoms with van der Waals surface area (Å²) in [6.45, 7) is 6.77. The van der Waals surface area contributed by atoms with Gasteiger partial charge < -0.3 is 9.80 Å². The lowest BCUT2D eigenvalue weighted by atomic mass is 9.91. The van der Waals surface area contributed by atoms with Crippen molar-refractivity contribution < 1.29 is 9.59 Å². The fraction of sp³-hybridized carbons (Fsp3) is 0.571. The third-order valence-corrected chi connectivity index (χ3v) is 7.70. The molecule has 5 heteroatoms. The third-order valence-electron chi connectivity index (χ3n) is 7.70. The molecule has 33 heavy (non-hydrogen) atoms. The average Bonchev–Trinajstić information content (AvgIpc) is 3.27. The number of hydrogen-bond acceptors (Lipinski definition) is 4. The van der Waals surface area contributed by atoms with Gasteiger partial charge >= 0.3 is 0 Å². The summed E-state index contributed by atoms with van der Waals surface area (Å²) in [7, 11) is 0. The number of amides is 2. The van der Waals surface area contributed by atoms with Crippen LogP contribution in [-0.2, 0) is 0 Å². The molecule has 0 bridgehead atoms. The second-order valence-corrected chi connectivity index (χ2v) is 9.93. The standard InChI is InChI=1S/C28H37N3O2/c1-2-3-20-31-27(32)21-12-14-23(29-16-8-4-5-9-17-29)26-24(30-18-10-6-7-11-19-30)15-13-22(25(21)26)28(31)33/h12-15H,2-11,16-20H2,1H3. The van der Waals surface area contributed by atoms with Crippen LogP contribution in [0.15, 0.2) is 24.3 Å². The van der Waals surface area contributed by atoms with Gasteiger partial charge in [0.2, 0.25) is 0 Å². The van der Waals surface area contributed by atoms with Crippen molar-refractivity contribution in [2.45, 2.75) is 71.1 Å². The zero-order chi connectivity index (χ0) is 22.8. The highest BCUT2D eigenvalue weighted by molar-refractivity contribution is 6.28. The summed E-state index contributed by atoms with van der Waals surface area (Å²) in [6.07, 6.45) is 11.7. The van der Waals surface area contributed by atoms with Gasteiger partial charge in [0.15, 0.2) is 0 Å². The summed E-state index contributed by atoms with van der Waals surface area (Å²) in [5.41, 5.74) is 3.82. The van der Waals surface area contributed by atoms with Gasteiger partial charge in [-0.3, -0.25) is 14.5 Å². The van der Waals surface area contributed by atoms with E-state index in [2.05, 4.69) is 28.9 Å². The first-order valence-corrected chi connectivity index (χ1v) is 13.2. The maximum Gasteiger partial charge on any atom is 0.261 e. The molecule has 0 spiro atoms. The van der Waals surface area contributed by atoms with E-state index >= 15 is 0 Å². The lowest BCUT2D eigenvalue weighted by Gasteiger charge is -2.33. The van der Waals surface area contributed by atoms with Crippen molar-refractivity contribution in [3.8, 4) is 0 Å². The fourth-order valence-electron chi connectivity index (χ4n) is 5.87. The highest BCUT2D eigenvalue weighted by atomic mass is 16.2. The molecule has 2 fully saturated rings. The Morgan fingerprint density at radius 2 is 1.09 bits per heavy atom. The van der Waals surface area contributed by atoms with Crippen LogP contribution < -0.4 is 9.80 Å². The molecular weight excluding hydrogens is 410 g/mol. The molecule has 2 saturated heterocycles. The molecule has 0 atom stereocenters. The smallest absolute Gasteiger partial charge is 0.261 e. The molecule has 2 amide bonds. The molecule has 3 aliphatic heterocycles. The Bertz CT molecular complexity index is 956. The second-order valence-electron chi connectivity index (χ2n) is 9.93. The van der Waals surface area contributed by atoms with Crippen molar-refractivity contribution >= 4 is 34.0 Å². The highest BCUT2D eigenvalue weighted by Crippen LogP contribution is 2.42. The lowest BCUT2D eigenvalue weighted by molar-refractivity contribution is 0.0608. The van der Waals surface area contributed by atoms with Gasteiger partial charge in [-0.1, -0.05) is 39.0 Å². The Hall–Kier alpha value is -2.56. The van der Waals surface area contributed by atoms with Crippen LogP contribution in [0.25, 0.3) is 10.8 Å². The van der Waals surface area contributed by atoms with Crippen LogP contribution in [0.4, 0.5) is 11.4 Å². The van der Waals surface area contributed by atoms with Crippen LogP contribution >= 0.6 is 0 Å². The van der Waals surface area contributed by atoms with E-state index in [-0.39, 0.29) is 11.8 Å². The number of anilines is 2. The van der Waals surface area contributed by atoms with Crippen LogP contribution in [0.5, 0.6) is 0 Å². The first-order valence-electron chi connectivity index (χ1n) is 13.2. The van der Waals surface area contributed by atoms with Crippen molar-refractivity contribution in [2.24, 2.45) is 0 Å². The Morgan fingerprint density at radius 1 is 0.636 bits per heavy atom. The van der Waals surface area contributed by atoms with Crippen LogP contribution in [0.1, 0.15) is 91.8 Å². The van der Waals surface area contributed by atoms with E-state index in [0.717, 1.165) is 49.8 Å². The molecule has 5 rings (SSSR count). The summed E-state index contributed by atoms with van der Waals surface area (Å²) in [6, 6.07) is 8.32. The SMILES string of the molecule is CCCCN1C(=O)c2ccc(N3CCCCCC3)c3c(N4CCCCCC4)ccc(c23)C1=O. The van der Waals surface area contributed by atoms with Gasteiger partial charge in [-0.05, 0) is 56.4 Å². The fourth-order valence-corrected chi connectivity index (χ4v) is 5.87. The van der Waals surface area contributed by atoms with E-state index in [4.69, 9.17) is 0 Å². The number of benzene rings is 2. The van der Waals surface area contributed by atoms with Crippen LogP contribution in [-0.4, -0.2) is 49.4 Å². The van der Waals surface area contributed by atoms with E-state index in [1.54, 1.807) is 0 Å². The molecule has 3 heterocycles. The van der Waals surface area contributed by atoms with Crippen LogP contribution in [0.3, 0.4) is 0 Å². The Kier molecular flexibility index (Phi) is 6.57. The van der Waals surface area contributed by atoms with E-state index in [1.165, 1.54) is 67.6 Å². The molecule has 0 aliphatic carbocycles. The van der Waals surface area contributed by atoms with Gasteiger partial charge in [-0.25, -0.2) is 0 Å². The van der Waals surface area contributed by atoms with Crippen LogP contribution in [0, 0.1) is 0 Å². The minimum Gasteiger partial charge on any atom is -0.371 e. The minimum atomic E-state index is -0.124. The lowest BCUT2D eigenvalue weighted by Crippen LogP contribution is -2.41. The third kappa shape index (κ3) is 4.11. The van der Waals surface area contributed by atoms with Crippen molar-refractivity contribution in [3.05, 3.63) is 35.4 Å². The molecule has 0 N–H and O–H groups in total. The molecule has 2 aromatic rings. The van der Waals surface area contributed by atoms with Crippen molar-refractivity contribution in [1.29, 1.82) is 0 Å². The zero-order valence-corrected chi connectivity index (χ0v) is 20.1. The number of carbonyl (C=O) groups is 2. The quantitative estimate of drug-likeness (QED) is 0.528. The summed E-state index contributed by atoms with van der Waals surface area (Å²) in [5, 5.41) is 2.02. The molecule has 3 aliphatic rings. The molecule has 2 aromatic carbocycles. The number of unbranched alkanes of at least 4 members (excludes halogenated alkanes) is 1. The number of imide groups is 1. The highest BCUT2D eigenvalue weighted by Gasteiger charge is 2.35. The summed E-state index contributed by atoms with van der Waals surface area (Å²) >= 11 is 0. The largest absolute Gasteiger partial charge is 0.371 e. The molecule has 0 saturated carbocycles. The number of nitrogens with zero attached hydrogens (tertiary/aromatic N) is 3. The maximum atomic E-state index is 13.5. The van der Waals surface area contributed by atoms with Crippen LogP contribution in [0.2, 0.25) is 0 Å². The van der Waals surface area contributed by atoms with Gasteiger partial charge in [-0.2, -0.15) is 0 Å². The maximum absolute atomic E-state index is 13.5. The van der Waals surface area contributed by atoms with Gasteiger partial charge in [0.25, 0.3) is 11.8 Å². The van der Waals surface area contributed by atoms with Crippen molar-refractivity contribution in [3.63, 3.8) is 0 Å². The van der Waals surface area contributed by atoms with E-state index < -0.39 is 0 Å². The first kappa shape index (κ1) is 22.2. The van der Waals surface area contributed by atoms with Gasteiger partial charge in [0.1, 0.15) is 0 Å². The van der Waals surface area contributed by atoms with Gasteiger partial charge in [0.05, 0.1) is 0 Å². The molecule has 176 valence electrons. The van der Waals surface area contributed by atoms with Crippen molar-refractivity contribution in [2.75, 3.05) is 42.5 Å². The molecule has 0 aromatic heterocycles. The van der Waals surface area contributed by atoms with Gasteiger partial charge in [0, 0.05) is 66.0 Å². The predicted octanol–water partition coefficient (Wildman–Crippen LogP) is 6.00. The Balaban J connectivity index is 1.70. The second kappa shape index (κ2) is 9.74. The summed E-state index contributed by atoms with van der Waals surface area (Å²) < 4.78 is 0. The zero-order valence-electron chi connectivity index (χ0n) is 20.1. The van der Waals surface area contributed by atoms with Gasteiger partial charge in [-0.15, -0.1) is 0 Å². The van der Waals surface area contributed by atoms with E-state index in [0.29, 0.717) is 17.7 Å². The Labute approximate surface area is 197 Å². The first-order chi connectivity index (χ1) is 16.2. The average molecular weight is 448 g/mol. The number of carbonyl (C=O) groups excluding carboxylic acids is 2. The molecule has 5 nitrogen and oxygen atoms in total. The predicted molar refractivity (Wildman–Crippen MR) is 136 cm³/mol. The van der Waals surface area contributed by atoms with E-state index in [9.17, 15) is 9.59 Å². The molecular formula is C28H37N3O2. The molecule has 0 unspecified atom stereocenters. The normalized spacial score (nSPS) is 19.7. The minimum absolute atomic E-state index is 0.124. The number of rotatable bonds is 5. The molecule has 0 radical (unpaired) electrons. The topological polar surface area (TPSA) is 43.9 Å². The monoisotopic (exact) mass is 447 g/mol. The summed E-state index contributed by atoms with van der Waals surface area (Å²) in [4.78, 5) is 33.5. The summed E-state index contributed by atoms with van der Waals surface area (Å²) in [5.74, 6) is -0.247. The Morgan fingerprint density at radius 3 is 1.52 bits per heavy atom. The van der Waals surface area contributed by atoms with Crippen molar-refractivity contribution in [1.82, 2.24) is 4.90 Å². The number of hydrogen-bond donors (Lipinski definition) is 0. The van der Waals surface area contributed by atoms with E-state index in [1.807, 2.05) is 12.1 Å².